The number of nitrogens with two attached hydrogens (primary N) is 1. The summed E-state index contributed by atoms with van der Waals surface area (Å²) in [4.78, 5) is 12.2. The number of aromatic nitrogens is 1. The van der Waals surface area contributed by atoms with Gasteiger partial charge in [-0.05, 0) is 44.2 Å². The molecule has 1 heterocycles. The molecule has 22 heavy (non-hydrogen) atoms. The molecule has 0 amide bonds. The molecule has 0 bridgehead atoms. The van der Waals surface area contributed by atoms with Gasteiger partial charge >= 0.3 is 0 Å². The first-order valence-electron chi connectivity index (χ1n) is 7.17. The van der Waals surface area contributed by atoms with E-state index in [1.54, 1.807) is 12.1 Å². The van der Waals surface area contributed by atoms with Crippen LogP contribution in [0.4, 0.5) is 0 Å². The molecule has 0 unspecified atom stereocenters. The number of nitrogens with zero attached hydrogens (tertiary/aromatic N) is 1. The van der Waals surface area contributed by atoms with E-state index in [0.717, 1.165) is 22.3 Å². The highest BCUT2D eigenvalue weighted by Crippen LogP contribution is 2.31. The minimum Gasteiger partial charge on any atom is -0.508 e. The van der Waals surface area contributed by atoms with E-state index in [2.05, 4.69) is 0 Å². The van der Waals surface area contributed by atoms with Crippen LogP contribution in [-0.2, 0) is 0 Å². The average molecular weight is 294 g/mol. The molecule has 0 spiro atoms. The minimum absolute atomic E-state index is 0.0521. The Morgan fingerprint density at radius 2 is 1.82 bits per heavy atom. The Hall–Kier alpha value is -2.59. The van der Waals surface area contributed by atoms with Crippen LogP contribution in [0.15, 0.2) is 42.5 Å². The van der Waals surface area contributed by atoms with Crippen molar-refractivity contribution in [2.75, 3.05) is 6.54 Å². The van der Waals surface area contributed by atoms with E-state index in [0.29, 0.717) is 5.56 Å². The number of aryl methyl sites for hydroxylation is 1. The summed E-state index contributed by atoms with van der Waals surface area (Å²) in [7, 11) is 0. The Balaban J connectivity index is 2.37. The zero-order valence-corrected chi connectivity index (χ0v) is 12.6. The number of hydrogen-bond acceptors (Lipinski definition) is 3. The van der Waals surface area contributed by atoms with Crippen LogP contribution in [0.5, 0.6) is 5.75 Å². The fourth-order valence-electron chi connectivity index (χ4n) is 2.89. The lowest BCUT2D eigenvalue weighted by molar-refractivity contribution is 0.100. The molecule has 0 aliphatic heterocycles. The number of carbonyl (C=O) groups excluding carboxylic acids is 1. The predicted octanol–water partition coefficient (Wildman–Crippen LogP) is 3.09. The number of ketones is 1. The van der Waals surface area contributed by atoms with Gasteiger partial charge in [0, 0.05) is 22.3 Å². The molecular weight excluding hydrogens is 276 g/mol. The van der Waals surface area contributed by atoms with E-state index in [1.807, 2.05) is 48.7 Å². The third-order valence-corrected chi connectivity index (χ3v) is 3.94. The monoisotopic (exact) mass is 294 g/mol. The standard InChI is InChI=1S/C18H18N2O2/c1-11-3-5-13(6-4-11)20-12(2)18(17(22)10-19)15-9-14(21)7-8-16(15)20/h3-9,21H,10,19H2,1-2H3. The van der Waals surface area contributed by atoms with Gasteiger partial charge in [-0.25, -0.2) is 0 Å². The molecule has 0 saturated carbocycles. The van der Waals surface area contributed by atoms with Crippen LogP contribution in [0.1, 0.15) is 21.6 Å². The van der Waals surface area contributed by atoms with E-state index in [-0.39, 0.29) is 18.1 Å². The van der Waals surface area contributed by atoms with Gasteiger partial charge in [0.2, 0.25) is 0 Å². The smallest absolute Gasteiger partial charge is 0.178 e. The van der Waals surface area contributed by atoms with Crippen molar-refractivity contribution >= 4 is 16.7 Å². The van der Waals surface area contributed by atoms with Crippen LogP contribution < -0.4 is 5.73 Å². The highest BCUT2D eigenvalue weighted by atomic mass is 16.3. The van der Waals surface area contributed by atoms with Crippen molar-refractivity contribution in [2.45, 2.75) is 13.8 Å². The number of phenols is 1. The molecule has 0 fully saturated rings. The summed E-state index contributed by atoms with van der Waals surface area (Å²) in [6.45, 7) is 3.88. The van der Waals surface area contributed by atoms with Gasteiger partial charge in [-0.1, -0.05) is 17.7 Å². The molecule has 4 heteroatoms. The molecule has 2 aromatic carbocycles. The molecule has 0 aliphatic carbocycles. The third kappa shape index (κ3) is 2.18. The van der Waals surface area contributed by atoms with E-state index >= 15 is 0 Å². The first kappa shape index (κ1) is 14.4. The fourth-order valence-corrected chi connectivity index (χ4v) is 2.89. The van der Waals surface area contributed by atoms with E-state index in [1.165, 1.54) is 5.56 Å². The van der Waals surface area contributed by atoms with Gasteiger partial charge < -0.3 is 15.4 Å². The third-order valence-electron chi connectivity index (χ3n) is 3.94. The number of hydrogen-bond donors (Lipinski definition) is 2. The summed E-state index contributed by atoms with van der Waals surface area (Å²) in [6.07, 6.45) is 0. The molecule has 3 rings (SSSR count). The van der Waals surface area contributed by atoms with Gasteiger partial charge in [-0.2, -0.15) is 0 Å². The second-order valence-corrected chi connectivity index (χ2v) is 5.46. The summed E-state index contributed by atoms with van der Waals surface area (Å²) >= 11 is 0. The maximum Gasteiger partial charge on any atom is 0.178 e. The largest absolute Gasteiger partial charge is 0.508 e. The van der Waals surface area contributed by atoms with E-state index in [4.69, 9.17) is 5.73 Å². The number of carbonyl (C=O) groups is 1. The molecule has 0 aliphatic rings. The van der Waals surface area contributed by atoms with E-state index < -0.39 is 0 Å². The van der Waals surface area contributed by atoms with Crippen LogP contribution >= 0.6 is 0 Å². The van der Waals surface area contributed by atoms with Gasteiger partial charge in [0.25, 0.3) is 0 Å². The van der Waals surface area contributed by atoms with Crippen molar-refractivity contribution in [3.8, 4) is 11.4 Å². The number of rotatable bonds is 3. The lowest BCUT2D eigenvalue weighted by Gasteiger charge is -2.09. The number of benzene rings is 2. The number of fused-ring (bicyclic) bond motifs is 1. The Bertz CT molecular complexity index is 861. The van der Waals surface area contributed by atoms with Crippen molar-refractivity contribution in [2.24, 2.45) is 5.73 Å². The second-order valence-electron chi connectivity index (χ2n) is 5.46. The Morgan fingerprint density at radius 1 is 1.14 bits per heavy atom. The number of phenolic OH excluding ortho intramolecular Hbond substituents is 1. The maximum absolute atomic E-state index is 12.2. The summed E-state index contributed by atoms with van der Waals surface area (Å²) in [5, 5.41) is 10.5. The first-order valence-corrected chi connectivity index (χ1v) is 7.17. The van der Waals surface area contributed by atoms with Crippen LogP contribution in [-0.4, -0.2) is 22.0 Å². The lowest BCUT2D eigenvalue weighted by atomic mass is 10.1. The van der Waals surface area contributed by atoms with Crippen LogP contribution in [0.3, 0.4) is 0 Å². The van der Waals surface area contributed by atoms with Gasteiger partial charge in [-0.3, -0.25) is 4.79 Å². The molecule has 0 atom stereocenters. The molecular formula is C18H18N2O2. The molecule has 3 aromatic rings. The highest BCUT2D eigenvalue weighted by Gasteiger charge is 2.20. The second kappa shape index (κ2) is 5.31. The maximum atomic E-state index is 12.2. The molecule has 4 nitrogen and oxygen atoms in total. The molecule has 0 saturated heterocycles. The number of aromatic hydroxyl groups is 1. The normalized spacial score (nSPS) is 11.0. The van der Waals surface area contributed by atoms with Gasteiger partial charge in [-0.15, -0.1) is 0 Å². The van der Waals surface area contributed by atoms with Crippen molar-refractivity contribution in [1.82, 2.24) is 4.57 Å². The Morgan fingerprint density at radius 3 is 2.45 bits per heavy atom. The van der Waals surface area contributed by atoms with Crippen LogP contribution in [0, 0.1) is 13.8 Å². The zero-order valence-electron chi connectivity index (χ0n) is 12.6. The SMILES string of the molecule is Cc1ccc(-n2c(C)c(C(=O)CN)c3cc(O)ccc32)cc1. The van der Waals surface area contributed by atoms with Crippen LogP contribution in [0.25, 0.3) is 16.6 Å². The van der Waals surface area contributed by atoms with Crippen molar-refractivity contribution in [3.05, 3.63) is 59.3 Å². The topological polar surface area (TPSA) is 68.2 Å². The zero-order chi connectivity index (χ0) is 15.9. The summed E-state index contributed by atoms with van der Waals surface area (Å²) in [5.41, 5.74) is 10.0. The highest BCUT2D eigenvalue weighted by molar-refractivity contribution is 6.11. The van der Waals surface area contributed by atoms with Crippen molar-refractivity contribution in [1.29, 1.82) is 0 Å². The molecule has 3 N–H and O–H groups in total. The Labute approximate surface area is 128 Å². The molecule has 1 aromatic heterocycles. The van der Waals surface area contributed by atoms with E-state index in [9.17, 15) is 9.90 Å². The average Bonchev–Trinajstić information content (AvgIpc) is 2.79. The van der Waals surface area contributed by atoms with Crippen LogP contribution in [0.2, 0.25) is 0 Å². The summed E-state index contributed by atoms with van der Waals surface area (Å²) < 4.78 is 2.02. The number of Topliss-reactive ketones (excluding diaryl/α,β-unsaturated/α-hetero) is 1. The quantitative estimate of drug-likeness (QED) is 0.729. The fraction of sp³-hybridized carbons (Fsp3) is 0.167. The Kier molecular flexibility index (Phi) is 3.47. The minimum atomic E-state index is -0.126. The first-order chi connectivity index (χ1) is 10.5. The van der Waals surface area contributed by atoms with Gasteiger partial charge in [0.1, 0.15) is 5.75 Å². The van der Waals surface area contributed by atoms with Gasteiger partial charge in [0.05, 0.1) is 12.1 Å². The van der Waals surface area contributed by atoms with Crippen molar-refractivity contribution < 1.29 is 9.90 Å². The summed E-state index contributed by atoms with van der Waals surface area (Å²) in [6, 6.07) is 13.2. The van der Waals surface area contributed by atoms with Gasteiger partial charge in [0.15, 0.2) is 5.78 Å². The lowest BCUT2D eigenvalue weighted by Crippen LogP contribution is -2.14. The molecule has 112 valence electrons. The predicted molar refractivity (Wildman–Crippen MR) is 87.8 cm³/mol. The van der Waals surface area contributed by atoms with Crippen molar-refractivity contribution in [3.63, 3.8) is 0 Å². The summed E-state index contributed by atoms with van der Waals surface area (Å²) in [5.74, 6) is 0.0126. The molecule has 0 radical (unpaired) electrons.